The lowest BCUT2D eigenvalue weighted by molar-refractivity contribution is 1.07. The van der Waals surface area contributed by atoms with Gasteiger partial charge in [-0.25, -0.2) is 0 Å². The topological polar surface area (TPSA) is 0 Å². The van der Waals surface area contributed by atoms with E-state index in [1.54, 1.807) is 0 Å². The summed E-state index contributed by atoms with van der Waals surface area (Å²) in [5.41, 5.74) is 0. The molecular weight excluding hydrogens is 89.8 g/mol. The first kappa shape index (κ1) is 6.49. The Morgan fingerprint density at radius 1 is 1.67 bits per heavy atom. The van der Waals surface area contributed by atoms with E-state index in [1.807, 2.05) is 0 Å². The van der Waals surface area contributed by atoms with Crippen molar-refractivity contribution in [3.05, 3.63) is 0 Å². The Balaban J connectivity index is 2.63. The smallest absolute Gasteiger partial charge is 0.160 e. The van der Waals surface area contributed by atoms with Crippen LogP contribution in [0.25, 0.3) is 0 Å². The average molecular weight is 102 g/mol. The third-order valence-electron chi connectivity index (χ3n) is 0.744. The molecule has 0 aliphatic heterocycles. The molecule has 6 heavy (non-hydrogen) atoms. The van der Waals surface area contributed by atoms with Crippen molar-refractivity contribution < 1.29 is 0 Å². The van der Waals surface area contributed by atoms with E-state index in [-0.39, 0.29) is 0 Å². The van der Waals surface area contributed by atoms with Crippen LogP contribution in [0.1, 0.15) is 13.3 Å². The van der Waals surface area contributed by atoms with Gasteiger partial charge in [0.2, 0.25) is 0 Å². The average Bonchev–Trinajstić information content (AvgIpc) is 1.35. The molecule has 0 aromatic rings. The highest BCUT2D eigenvalue weighted by molar-refractivity contribution is 7.61. The zero-order valence-electron chi connectivity index (χ0n) is 4.57. The second-order valence-corrected chi connectivity index (χ2v) is 2.90. The zero-order chi connectivity index (χ0) is 4.99. The Hall–Kier alpha value is 0.495. The van der Waals surface area contributed by atoms with Gasteiger partial charge in [0.1, 0.15) is 0 Å². The lowest BCUT2D eigenvalue weighted by Crippen LogP contribution is -1.90. The normalized spacial score (nSPS) is 8.50. The van der Waals surface area contributed by atoms with Crippen molar-refractivity contribution >= 4 is 15.6 Å². The molecule has 2 heteroatoms. The van der Waals surface area contributed by atoms with Gasteiger partial charge < -0.3 is 0 Å². The molecule has 0 N–H and O–H groups in total. The quantitative estimate of drug-likeness (QED) is 0.369. The molecule has 0 aromatic heterocycles. The van der Waals surface area contributed by atoms with Gasteiger partial charge in [-0.3, -0.25) is 0 Å². The lowest BCUT2D eigenvalue weighted by Gasteiger charge is -1.90. The van der Waals surface area contributed by atoms with Gasteiger partial charge in [-0.15, -0.1) is 0 Å². The predicted molar refractivity (Wildman–Crippen MR) is 36.4 cm³/mol. The molecule has 0 nitrogen and oxygen atoms in total. The van der Waals surface area contributed by atoms with Crippen LogP contribution in [-0.2, 0) is 0 Å². The first-order valence-corrected chi connectivity index (χ1v) is 3.19. The van der Waals surface area contributed by atoms with Crippen molar-refractivity contribution in [2.24, 2.45) is 0 Å². The van der Waals surface area contributed by atoms with Crippen LogP contribution in [0.4, 0.5) is 0 Å². The Morgan fingerprint density at radius 2 is 2.17 bits per heavy atom. The molecule has 0 heterocycles. The summed E-state index contributed by atoms with van der Waals surface area (Å²) < 4.78 is 0. The zero-order valence-corrected chi connectivity index (χ0v) is 5.72. The van der Waals surface area contributed by atoms with Gasteiger partial charge >= 0.3 is 0 Å². The highest BCUT2D eigenvalue weighted by Crippen LogP contribution is 2.01. The predicted octanol–water partition coefficient (Wildman–Crippen LogP) is 1.89. The maximum atomic E-state index is 2.78. The standard InChI is InChI=1S/C4H12BP/c1-3-4-5(2)6/h3-4,6H2,1-2H3. The SMILES string of the molecule is CCCB(C)P. The number of rotatable bonds is 2. The fraction of sp³-hybridized carbons (Fsp3) is 1.00. The minimum atomic E-state index is 0.815. The molecule has 0 amide bonds. The van der Waals surface area contributed by atoms with E-state index in [0.29, 0.717) is 0 Å². The van der Waals surface area contributed by atoms with Crippen LogP contribution in [0.5, 0.6) is 0 Å². The Kier molecular flexibility index (Phi) is 3.98. The first-order chi connectivity index (χ1) is 2.77. The molecule has 1 unspecified atom stereocenters. The highest BCUT2D eigenvalue weighted by Gasteiger charge is 1.91. The van der Waals surface area contributed by atoms with Gasteiger partial charge in [0.25, 0.3) is 0 Å². The van der Waals surface area contributed by atoms with Gasteiger partial charge in [-0.2, -0.15) is 9.12 Å². The number of hydrogen-bond acceptors (Lipinski definition) is 0. The molecule has 1 atom stereocenters. The van der Waals surface area contributed by atoms with Crippen LogP contribution in [0.2, 0.25) is 13.1 Å². The molecular formula is C4H12BP. The van der Waals surface area contributed by atoms with Crippen molar-refractivity contribution in [3.8, 4) is 0 Å². The summed E-state index contributed by atoms with van der Waals surface area (Å²) >= 11 is 0. The van der Waals surface area contributed by atoms with Crippen molar-refractivity contribution in [2.45, 2.75) is 26.5 Å². The van der Waals surface area contributed by atoms with Crippen LogP contribution >= 0.6 is 9.12 Å². The molecule has 0 aromatic carbocycles. The Bertz CT molecular complexity index is 28.7. The van der Waals surface area contributed by atoms with E-state index in [9.17, 15) is 0 Å². The van der Waals surface area contributed by atoms with Gasteiger partial charge in [0.05, 0.1) is 0 Å². The molecule has 36 valence electrons. The molecule has 0 aliphatic rings. The van der Waals surface area contributed by atoms with Crippen LogP contribution in [-0.4, -0.2) is 6.43 Å². The second kappa shape index (κ2) is 3.68. The molecule has 0 saturated heterocycles. The fourth-order valence-electron chi connectivity index (χ4n) is 0.455. The van der Waals surface area contributed by atoms with E-state index in [2.05, 4.69) is 22.9 Å². The maximum absolute atomic E-state index is 2.78. The largest absolute Gasteiger partial charge is 0.171 e. The first-order valence-electron chi connectivity index (χ1n) is 2.53. The summed E-state index contributed by atoms with van der Waals surface area (Å²) in [4.78, 5) is 0. The molecule has 0 aliphatic carbocycles. The minimum Gasteiger partial charge on any atom is -0.171 e. The maximum Gasteiger partial charge on any atom is 0.160 e. The van der Waals surface area contributed by atoms with Gasteiger partial charge in [-0.1, -0.05) is 26.5 Å². The Labute approximate surface area is 42.9 Å². The summed E-state index contributed by atoms with van der Waals surface area (Å²) in [6.45, 7) is 4.43. The van der Waals surface area contributed by atoms with Crippen molar-refractivity contribution in [2.75, 3.05) is 0 Å². The van der Waals surface area contributed by atoms with E-state index in [0.717, 1.165) is 6.43 Å². The Morgan fingerprint density at radius 3 is 2.17 bits per heavy atom. The van der Waals surface area contributed by atoms with Crippen LogP contribution < -0.4 is 0 Å². The van der Waals surface area contributed by atoms with Crippen LogP contribution in [0.15, 0.2) is 0 Å². The van der Waals surface area contributed by atoms with Crippen molar-refractivity contribution in [3.63, 3.8) is 0 Å². The lowest BCUT2D eigenvalue weighted by atomic mass is 9.74. The molecule has 0 rings (SSSR count). The van der Waals surface area contributed by atoms with Gasteiger partial charge in [0.15, 0.2) is 6.43 Å². The number of hydrogen-bond donors (Lipinski definition) is 0. The summed E-state index contributed by atoms with van der Waals surface area (Å²) in [7, 11) is 2.78. The van der Waals surface area contributed by atoms with E-state index in [1.165, 1.54) is 12.7 Å². The molecule has 0 radical (unpaired) electrons. The molecule has 0 bridgehead atoms. The van der Waals surface area contributed by atoms with E-state index >= 15 is 0 Å². The van der Waals surface area contributed by atoms with Crippen molar-refractivity contribution in [1.82, 2.24) is 0 Å². The molecule has 0 saturated carbocycles. The molecule has 0 spiro atoms. The summed E-state index contributed by atoms with van der Waals surface area (Å²) in [5.74, 6) is 0. The summed E-state index contributed by atoms with van der Waals surface area (Å²) in [6.07, 6.45) is 3.46. The summed E-state index contributed by atoms with van der Waals surface area (Å²) in [5, 5.41) is 0. The van der Waals surface area contributed by atoms with Gasteiger partial charge in [-0.05, 0) is 0 Å². The van der Waals surface area contributed by atoms with E-state index < -0.39 is 0 Å². The molecule has 0 fully saturated rings. The second-order valence-electron chi connectivity index (χ2n) is 1.77. The fourth-order valence-corrected chi connectivity index (χ4v) is 0.789. The monoisotopic (exact) mass is 102 g/mol. The summed E-state index contributed by atoms with van der Waals surface area (Å²) in [6, 6.07) is 0. The van der Waals surface area contributed by atoms with Crippen LogP contribution in [0.3, 0.4) is 0 Å². The van der Waals surface area contributed by atoms with Gasteiger partial charge in [0, 0.05) is 0 Å². The third-order valence-corrected chi connectivity index (χ3v) is 1.08. The highest BCUT2D eigenvalue weighted by atomic mass is 31.0. The van der Waals surface area contributed by atoms with E-state index in [4.69, 9.17) is 0 Å². The van der Waals surface area contributed by atoms with Crippen LogP contribution in [0, 0.1) is 0 Å². The van der Waals surface area contributed by atoms with Crippen molar-refractivity contribution in [1.29, 1.82) is 0 Å². The third kappa shape index (κ3) is 4.49. The minimum absolute atomic E-state index is 0.815.